The maximum absolute atomic E-state index is 4.74. The predicted octanol–water partition coefficient (Wildman–Crippen LogP) is 4.17. The van der Waals surface area contributed by atoms with Gasteiger partial charge in [0.25, 0.3) is 0 Å². The van der Waals surface area contributed by atoms with Gasteiger partial charge in [-0.05, 0) is 11.5 Å². The molecule has 0 unspecified atom stereocenters. The van der Waals surface area contributed by atoms with Crippen LogP contribution < -0.4 is 0 Å². The van der Waals surface area contributed by atoms with E-state index in [2.05, 4.69) is 71.6 Å². The third-order valence-electron chi connectivity index (χ3n) is 3.42. The maximum atomic E-state index is 4.74. The van der Waals surface area contributed by atoms with Gasteiger partial charge in [-0.3, -0.25) is 4.98 Å². The highest BCUT2D eigenvalue weighted by atomic mass is 14.9. The van der Waals surface area contributed by atoms with Crippen molar-refractivity contribution >= 4 is 10.9 Å². The summed E-state index contributed by atoms with van der Waals surface area (Å²) < 4.78 is 2.22. The third-order valence-corrected chi connectivity index (χ3v) is 3.42. The van der Waals surface area contributed by atoms with Crippen LogP contribution in [0, 0.1) is 0 Å². The molecule has 2 nitrogen and oxygen atoms in total. The molecule has 0 spiro atoms. The minimum atomic E-state index is 0.0794. The summed E-state index contributed by atoms with van der Waals surface area (Å²) in [6, 6.07) is 2.19. The van der Waals surface area contributed by atoms with Gasteiger partial charge < -0.3 is 4.57 Å². The van der Waals surface area contributed by atoms with Crippen LogP contribution >= 0.6 is 0 Å². The van der Waals surface area contributed by atoms with E-state index < -0.39 is 0 Å². The van der Waals surface area contributed by atoms with Crippen molar-refractivity contribution in [3.63, 3.8) is 0 Å². The Kier molecular flexibility index (Phi) is 2.80. The molecule has 18 heavy (non-hydrogen) atoms. The highest BCUT2D eigenvalue weighted by molar-refractivity contribution is 5.86. The van der Waals surface area contributed by atoms with Crippen molar-refractivity contribution in [3.8, 4) is 0 Å². The van der Waals surface area contributed by atoms with E-state index in [-0.39, 0.29) is 10.8 Å². The minimum absolute atomic E-state index is 0.0794. The Bertz CT molecular complexity index is 577. The van der Waals surface area contributed by atoms with Crippen LogP contribution in [0.1, 0.15) is 52.8 Å². The van der Waals surface area contributed by atoms with Gasteiger partial charge in [-0.2, -0.15) is 0 Å². The lowest BCUT2D eigenvalue weighted by atomic mass is 9.84. The van der Waals surface area contributed by atoms with Gasteiger partial charge in [0.15, 0.2) is 0 Å². The first-order valence-electron chi connectivity index (χ1n) is 6.57. The summed E-state index contributed by atoms with van der Waals surface area (Å²) in [5.74, 6) is 0. The first-order valence-corrected chi connectivity index (χ1v) is 6.57. The van der Waals surface area contributed by atoms with Gasteiger partial charge in [-0.1, -0.05) is 41.5 Å². The number of fused-ring (bicyclic) bond motifs is 1. The third kappa shape index (κ3) is 2.05. The summed E-state index contributed by atoms with van der Waals surface area (Å²) in [4.78, 5) is 4.74. The zero-order chi connectivity index (χ0) is 13.7. The van der Waals surface area contributed by atoms with Crippen molar-refractivity contribution in [3.05, 3.63) is 29.7 Å². The van der Waals surface area contributed by atoms with Crippen molar-refractivity contribution in [1.82, 2.24) is 9.55 Å². The molecule has 0 saturated carbocycles. The first kappa shape index (κ1) is 13.1. The Morgan fingerprint density at radius 2 is 1.61 bits per heavy atom. The summed E-state index contributed by atoms with van der Waals surface area (Å²) in [5, 5.41) is 1.29. The van der Waals surface area contributed by atoms with Crippen molar-refractivity contribution in [2.45, 2.75) is 52.4 Å². The average Bonchev–Trinajstić information content (AvgIpc) is 2.57. The van der Waals surface area contributed by atoms with Crippen LogP contribution in [0.15, 0.2) is 18.5 Å². The smallest absolute Gasteiger partial charge is 0.0550 e. The highest BCUT2D eigenvalue weighted by Crippen LogP contribution is 2.34. The van der Waals surface area contributed by atoms with Crippen molar-refractivity contribution < 1.29 is 0 Å². The fraction of sp³-hybridized carbons (Fsp3) is 0.562. The molecule has 2 heteroatoms. The van der Waals surface area contributed by atoms with Crippen molar-refractivity contribution in [2.24, 2.45) is 7.05 Å². The summed E-state index contributed by atoms with van der Waals surface area (Å²) in [7, 11) is 2.12. The monoisotopic (exact) mass is 244 g/mol. The molecule has 2 aromatic heterocycles. The SMILES string of the molecule is Cn1ccc2c(C(C)(C)C)ncc(C(C)(C)C)c21. The molecule has 0 aliphatic carbocycles. The van der Waals surface area contributed by atoms with Crippen LogP contribution in [0.2, 0.25) is 0 Å². The van der Waals surface area contributed by atoms with Gasteiger partial charge in [-0.25, -0.2) is 0 Å². The normalized spacial score (nSPS) is 13.3. The molecule has 2 rings (SSSR count). The van der Waals surface area contributed by atoms with E-state index >= 15 is 0 Å². The predicted molar refractivity (Wildman–Crippen MR) is 78.1 cm³/mol. The van der Waals surface area contributed by atoms with Crippen molar-refractivity contribution in [2.75, 3.05) is 0 Å². The number of pyridine rings is 1. The Labute approximate surface area is 110 Å². The number of hydrogen-bond acceptors (Lipinski definition) is 1. The Hall–Kier alpha value is -1.31. The van der Waals surface area contributed by atoms with Crippen LogP contribution in [0.25, 0.3) is 10.9 Å². The second-order valence-corrected chi connectivity index (χ2v) is 7.21. The van der Waals surface area contributed by atoms with E-state index in [1.807, 2.05) is 0 Å². The number of rotatable bonds is 0. The lowest BCUT2D eigenvalue weighted by Gasteiger charge is -2.25. The quantitative estimate of drug-likeness (QED) is 0.680. The molecule has 0 aromatic carbocycles. The summed E-state index contributed by atoms with van der Waals surface area (Å²) in [5.41, 5.74) is 4.02. The number of nitrogens with zero attached hydrogens (tertiary/aromatic N) is 2. The van der Waals surface area contributed by atoms with E-state index in [4.69, 9.17) is 4.98 Å². The topological polar surface area (TPSA) is 17.8 Å². The second kappa shape index (κ2) is 3.84. The standard InChI is InChI=1S/C16H24N2/c1-15(2,3)12-10-17-14(16(4,5)6)11-8-9-18(7)13(11)12/h8-10H,1-7H3. The fourth-order valence-electron chi connectivity index (χ4n) is 2.46. The van der Waals surface area contributed by atoms with E-state index in [9.17, 15) is 0 Å². The van der Waals surface area contributed by atoms with E-state index in [1.54, 1.807) is 0 Å². The first-order chi connectivity index (χ1) is 8.12. The van der Waals surface area contributed by atoms with E-state index in [0.717, 1.165) is 0 Å². The average molecular weight is 244 g/mol. The van der Waals surface area contributed by atoms with E-state index in [0.29, 0.717) is 0 Å². The minimum Gasteiger partial charge on any atom is -0.350 e. The van der Waals surface area contributed by atoms with Crippen LogP contribution in [0.4, 0.5) is 0 Å². The molecule has 0 radical (unpaired) electrons. The Morgan fingerprint density at radius 3 is 2.11 bits per heavy atom. The molecule has 2 heterocycles. The van der Waals surface area contributed by atoms with Crippen LogP contribution in [-0.4, -0.2) is 9.55 Å². The molecule has 0 aliphatic rings. The molecule has 0 N–H and O–H groups in total. The van der Waals surface area contributed by atoms with Gasteiger partial charge in [-0.15, -0.1) is 0 Å². The van der Waals surface area contributed by atoms with Gasteiger partial charge in [0, 0.05) is 35.8 Å². The number of aromatic nitrogens is 2. The van der Waals surface area contributed by atoms with Gasteiger partial charge >= 0.3 is 0 Å². The Morgan fingerprint density at radius 1 is 1.00 bits per heavy atom. The van der Waals surface area contributed by atoms with E-state index in [1.165, 1.54) is 22.2 Å². The molecule has 0 saturated heterocycles. The molecule has 2 aromatic rings. The lowest BCUT2D eigenvalue weighted by Crippen LogP contribution is -2.18. The summed E-state index contributed by atoms with van der Waals surface area (Å²) in [6.07, 6.45) is 4.19. The second-order valence-electron chi connectivity index (χ2n) is 7.21. The largest absolute Gasteiger partial charge is 0.350 e. The van der Waals surface area contributed by atoms with Crippen LogP contribution in [0.5, 0.6) is 0 Å². The molecule has 0 atom stereocenters. The molecule has 98 valence electrons. The zero-order valence-electron chi connectivity index (χ0n) is 12.6. The van der Waals surface area contributed by atoms with Crippen LogP contribution in [0.3, 0.4) is 0 Å². The Balaban J connectivity index is 2.85. The number of aryl methyl sites for hydroxylation is 1. The number of hydrogen-bond donors (Lipinski definition) is 0. The zero-order valence-corrected chi connectivity index (χ0v) is 12.6. The van der Waals surface area contributed by atoms with Gasteiger partial charge in [0.05, 0.1) is 11.2 Å². The molecular formula is C16H24N2. The summed E-state index contributed by atoms with van der Waals surface area (Å²) >= 11 is 0. The van der Waals surface area contributed by atoms with Crippen molar-refractivity contribution in [1.29, 1.82) is 0 Å². The van der Waals surface area contributed by atoms with Gasteiger partial charge in [0.2, 0.25) is 0 Å². The molecule has 0 fully saturated rings. The summed E-state index contributed by atoms with van der Waals surface area (Å²) in [6.45, 7) is 13.4. The van der Waals surface area contributed by atoms with Crippen LogP contribution in [-0.2, 0) is 17.9 Å². The molecule has 0 aliphatic heterocycles. The lowest BCUT2D eigenvalue weighted by molar-refractivity contribution is 0.564. The molecule has 0 bridgehead atoms. The fourth-order valence-corrected chi connectivity index (χ4v) is 2.46. The van der Waals surface area contributed by atoms with Gasteiger partial charge in [0.1, 0.15) is 0 Å². The molecule has 0 amide bonds. The maximum Gasteiger partial charge on any atom is 0.0550 e. The highest BCUT2D eigenvalue weighted by Gasteiger charge is 2.25. The molecular weight excluding hydrogens is 220 g/mol.